The average molecular weight is 199 g/mol. The maximum absolute atomic E-state index is 11.0. The monoisotopic (exact) mass is 199 g/mol. The van der Waals surface area contributed by atoms with E-state index in [1.807, 2.05) is 6.92 Å². The summed E-state index contributed by atoms with van der Waals surface area (Å²) in [7, 11) is 0. The molecule has 1 aliphatic carbocycles. The van der Waals surface area contributed by atoms with Crippen molar-refractivity contribution in [3.8, 4) is 0 Å². The van der Waals surface area contributed by atoms with Crippen molar-refractivity contribution in [1.82, 2.24) is 4.90 Å². The Balaban J connectivity index is 2.47. The summed E-state index contributed by atoms with van der Waals surface area (Å²) >= 11 is 0. The summed E-state index contributed by atoms with van der Waals surface area (Å²) in [5.41, 5.74) is 0. The second-order valence-electron chi connectivity index (χ2n) is 4.20. The number of carboxylic acid groups (broad SMARTS) is 1. The first kappa shape index (κ1) is 11.5. The molecular formula is C11H21NO2. The van der Waals surface area contributed by atoms with E-state index in [2.05, 4.69) is 11.8 Å². The van der Waals surface area contributed by atoms with Crippen LogP contribution in [0.15, 0.2) is 0 Å². The molecule has 0 aromatic rings. The van der Waals surface area contributed by atoms with E-state index in [1.54, 1.807) is 0 Å². The Morgan fingerprint density at radius 3 is 2.50 bits per heavy atom. The van der Waals surface area contributed by atoms with Crippen molar-refractivity contribution in [2.75, 3.05) is 13.1 Å². The van der Waals surface area contributed by atoms with Gasteiger partial charge in [0.25, 0.3) is 0 Å². The molecule has 1 unspecified atom stereocenters. The normalized spacial score (nSPS) is 18.5. The van der Waals surface area contributed by atoms with Gasteiger partial charge in [-0.2, -0.15) is 0 Å². The first-order valence-electron chi connectivity index (χ1n) is 5.65. The van der Waals surface area contributed by atoms with Gasteiger partial charge in [0.05, 0.1) is 0 Å². The van der Waals surface area contributed by atoms with Gasteiger partial charge in [-0.1, -0.05) is 13.8 Å². The zero-order valence-corrected chi connectivity index (χ0v) is 9.20. The van der Waals surface area contributed by atoms with Crippen LogP contribution in [0.1, 0.15) is 39.5 Å². The van der Waals surface area contributed by atoms with Gasteiger partial charge in [0.1, 0.15) is 6.04 Å². The quantitative estimate of drug-likeness (QED) is 0.681. The van der Waals surface area contributed by atoms with Crippen molar-refractivity contribution in [2.24, 2.45) is 5.92 Å². The Bertz CT molecular complexity index is 190. The van der Waals surface area contributed by atoms with Gasteiger partial charge in [-0.3, -0.25) is 9.69 Å². The van der Waals surface area contributed by atoms with Crippen LogP contribution in [-0.2, 0) is 4.79 Å². The Morgan fingerprint density at radius 2 is 2.14 bits per heavy atom. The molecule has 1 fully saturated rings. The van der Waals surface area contributed by atoms with E-state index < -0.39 is 5.97 Å². The molecule has 0 amide bonds. The van der Waals surface area contributed by atoms with Gasteiger partial charge in [-0.25, -0.2) is 0 Å². The SMILES string of the molecule is CCCN(CC1CC1)C(CC)C(=O)O. The molecule has 0 bridgehead atoms. The highest BCUT2D eigenvalue weighted by molar-refractivity contribution is 5.73. The third kappa shape index (κ3) is 3.29. The lowest BCUT2D eigenvalue weighted by atomic mass is 10.1. The first-order valence-corrected chi connectivity index (χ1v) is 5.65. The summed E-state index contributed by atoms with van der Waals surface area (Å²) in [5.74, 6) is 0.108. The Kier molecular flexibility index (Phi) is 4.39. The second-order valence-corrected chi connectivity index (χ2v) is 4.20. The van der Waals surface area contributed by atoms with E-state index in [-0.39, 0.29) is 6.04 Å². The molecule has 0 heterocycles. The van der Waals surface area contributed by atoms with Crippen LogP contribution in [0, 0.1) is 5.92 Å². The van der Waals surface area contributed by atoms with Crippen LogP contribution in [0.25, 0.3) is 0 Å². The average Bonchev–Trinajstić information content (AvgIpc) is 2.89. The molecule has 1 atom stereocenters. The van der Waals surface area contributed by atoms with Crippen molar-refractivity contribution in [3.63, 3.8) is 0 Å². The lowest BCUT2D eigenvalue weighted by Crippen LogP contribution is -2.42. The number of carboxylic acids is 1. The van der Waals surface area contributed by atoms with Crippen LogP contribution in [0.4, 0.5) is 0 Å². The number of aliphatic carboxylic acids is 1. The summed E-state index contributed by atoms with van der Waals surface area (Å²) < 4.78 is 0. The molecular weight excluding hydrogens is 178 g/mol. The van der Waals surface area contributed by atoms with Crippen LogP contribution in [0.5, 0.6) is 0 Å². The van der Waals surface area contributed by atoms with E-state index in [1.165, 1.54) is 12.8 Å². The van der Waals surface area contributed by atoms with Crippen LogP contribution in [-0.4, -0.2) is 35.1 Å². The van der Waals surface area contributed by atoms with Crippen LogP contribution in [0.3, 0.4) is 0 Å². The van der Waals surface area contributed by atoms with Gasteiger partial charge in [-0.05, 0) is 38.1 Å². The van der Waals surface area contributed by atoms with E-state index in [0.717, 1.165) is 25.4 Å². The van der Waals surface area contributed by atoms with Gasteiger partial charge in [0.15, 0.2) is 0 Å². The van der Waals surface area contributed by atoms with Crippen LogP contribution in [0.2, 0.25) is 0 Å². The van der Waals surface area contributed by atoms with Crippen molar-refractivity contribution in [3.05, 3.63) is 0 Å². The molecule has 82 valence electrons. The Hall–Kier alpha value is -0.570. The molecule has 0 aliphatic heterocycles. The van der Waals surface area contributed by atoms with E-state index in [4.69, 9.17) is 5.11 Å². The van der Waals surface area contributed by atoms with Crippen molar-refractivity contribution < 1.29 is 9.90 Å². The minimum atomic E-state index is -0.665. The summed E-state index contributed by atoms with van der Waals surface area (Å²) in [6.45, 7) is 5.96. The van der Waals surface area contributed by atoms with Crippen molar-refractivity contribution >= 4 is 5.97 Å². The predicted octanol–water partition coefficient (Wildman–Crippen LogP) is 1.97. The minimum absolute atomic E-state index is 0.268. The minimum Gasteiger partial charge on any atom is -0.480 e. The number of nitrogens with zero attached hydrogens (tertiary/aromatic N) is 1. The summed E-state index contributed by atoms with van der Waals surface area (Å²) in [5, 5.41) is 9.06. The summed E-state index contributed by atoms with van der Waals surface area (Å²) in [6.07, 6.45) is 4.32. The fourth-order valence-corrected chi connectivity index (χ4v) is 1.88. The van der Waals surface area contributed by atoms with Crippen molar-refractivity contribution in [1.29, 1.82) is 0 Å². The molecule has 0 aromatic carbocycles. The number of carbonyl (C=O) groups is 1. The zero-order valence-electron chi connectivity index (χ0n) is 9.20. The van der Waals surface area contributed by atoms with Crippen LogP contribution >= 0.6 is 0 Å². The summed E-state index contributed by atoms with van der Waals surface area (Å²) in [4.78, 5) is 13.1. The number of hydrogen-bond acceptors (Lipinski definition) is 2. The highest BCUT2D eigenvalue weighted by atomic mass is 16.4. The third-order valence-electron chi connectivity index (χ3n) is 2.81. The fourth-order valence-electron chi connectivity index (χ4n) is 1.88. The smallest absolute Gasteiger partial charge is 0.320 e. The molecule has 1 N–H and O–H groups in total. The van der Waals surface area contributed by atoms with Gasteiger partial charge < -0.3 is 5.11 Å². The van der Waals surface area contributed by atoms with Crippen molar-refractivity contribution in [2.45, 2.75) is 45.6 Å². The molecule has 3 heteroatoms. The number of rotatable bonds is 7. The van der Waals surface area contributed by atoms with E-state index in [9.17, 15) is 4.79 Å². The lowest BCUT2D eigenvalue weighted by molar-refractivity contribution is -0.143. The second kappa shape index (κ2) is 5.35. The molecule has 1 aliphatic rings. The highest BCUT2D eigenvalue weighted by Crippen LogP contribution is 2.30. The van der Waals surface area contributed by atoms with Gasteiger partial charge >= 0.3 is 5.97 Å². The van der Waals surface area contributed by atoms with E-state index >= 15 is 0 Å². The van der Waals surface area contributed by atoms with Gasteiger partial charge in [0, 0.05) is 6.54 Å². The lowest BCUT2D eigenvalue weighted by Gasteiger charge is -2.27. The molecule has 3 nitrogen and oxygen atoms in total. The standard InChI is InChI=1S/C11H21NO2/c1-3-7-12(8-9-5-6-9)10(4-2)11(13)14/h9-10H,3-8H2,1-2H3,(H,13,14). The maximum atomic E-state index is 11.0. The third-order valence-corrected chi connectivity index (χ3v) is 2.81. The van der Waals surface area contributed by atoms with Crippen LogP contribution < -0.4 is 0 Å². The highest BCUT2D eigenvalue weighted by Gasteiger charge is 2.29. The predicted molar refractivity (Wildman–Crippen MR) is 56.3 cm³/mol. The Morgan fingerprint density at radius 1 is 1.50 bits per heavy atom. The Labute approximate surface area is 86.1 Å². The summed E-state index contributed by atoms with van der Waals surface area (Å²) in [6, 6.07) is -0.268. The largest absolute Gasteiger partial charge is 0.480 e. The molecule has 0 saturated heterocycles. The van der Waals surface area contributed by atoms with Gasteiger partial charge in [-0.15, -0.1) is 0 Å². The first-order chi connectivity index (χ1) is 6.69. The molecule has 0 radical (unpaired) electrons. The van der Waals surface area contributed by atoms with Gasteiger partial charge in [0.2, 0.25) is 0 Å². The topological polar surface area (TPSA) is 40.5 Å². The molecule has 1 saturated carbocycles. The molecule has 1 rings (SSSR count). The maximum Gasteiger partial charge on any atom is 0.320 e. The number of hydrogen-bond donors (Lipinski definition) is 1. The fraction of sp³-hybridized carbons (Fsp3) is 0.909. The molecule has 0 aromatic heterocycles. The zero-order chi connectivity index (χ0) is 10.6. The molecule has 14 heavy (non-hydrogen) atoms. The van der Waals surface area contributed by atoms with E-state index in [0.29, 0.717) is 6.42 Å². The molecule has 0 spiro atoms.